The van der Waals surface area contributed by atoms with Crippen LogP contribution >= 0.6 is 0 Å². The molecule has 0 bridgehead atoms. The Kier molecular flexibility index (Phi) is 5.29. The van der Waals surface area contributed by atoms with Crippen LogP contribution in [0.2, 0.25) is 0 Å². The Labute approximate surface area is 169 Å². The van der Waals surface area contributed by atoms with Gasteiger partial charge < -0.3 is 14.5 Å². The molecule has 29 heavy (non-hydrogen) atoms. The van der Waals surface area contributed by atoms with Gasteiger partial charge in [0, 0.05) is 12.1 Å². The Bertz CT molecular complexity index is 1090. The number of carbonyl (C=O) groups excluding carboxylic acids is 1. The van der Waals surface area contributed by atoms with E-state index in [2.05, 4.69) is 24.1 Å². The van der Waals surface area contributed by atoms with Gasteiger partial charge in [0.2, 0.25) is 0 Å². The van der Waals surface area contributed by atoms with E-state index in [1.165, 1.54) is 11.1 Å². The average Bonchev–Trinajstić information content (AvgIpc) is 3.10. The number of aromatic nitrogens is 1. The van der Waals surface area contributed by atoms with E-state index in [-0.39, 0.29) is 12.5 Å². The van der Waals surface area contributed by atoms with Crippen molar-refractivity contribution in [2.45, 2.75) is 20.3 Å². The molecule has 5 nitrogen and oxygen atoms in total. The smallest absolute Gasteiger partial charge is 0.262 e. The summed E-state index contributed by atoms with van der Waals surface area (Å²) in [6.45, 7) is 4.10. The fraction of sp³-hybridized carbons (Fsp3) is 0.167. The summed E-state index contributed by atoms with van der Waals surface area (Å²) in [4.78, 5) is 16.6. The number of hydrogen-bond donors (Lipinski definition) is 1. The van der Waals surface area contributed by atoms with Crippen molar-refractivity contribution in [3.8, 4) is 5.75 Å². The third kappa shape index (κ3) is 4.63. The predicted molar refractivity (Wildman–Crippen MR) is 113 cm³/mol. The molecule has 0 aliphatic heterocycles. The molecule has 0 atom stereocenters. The molecule has 146 valence electrons. The molecule has 1 heterocycles. The zero-order chi connectivity index (χ0) is 20.2. The predicted octanol–water partition coefficient (Wildman–Crippen LogP) is 5.05. The number of hydrogen-bond acceptors (Lipinski definition) is 4. The van der Waals surface area contributed by atoms with Gasteiger partial charge in [-0.05, 0) is 66.9 Å². The van der Waals surface area contributed by atoms with Crippen LogP contribution in [0, 0.1) is 13.8 Å². The highest BCUT2D eigenvalue weighted by Crippen LogP contribution is 2.22. The Morgan fingerprint density at radius 3 is 2.48 bits per heavy atom. The van der Waals surface area contributed by atoms with Crippen molar-refractivity contribution in [3.63, 3.8) is 0 Å². The maximum absolute atomic E-state index is 12.1. The first-order valence-electron chi connectivity index (χ1n) is 9.50. The fourth-order valence-electron chi connectivity index (χ4n) is 3.05. The van der Waals surface area contributed by atoms with E-state index in [0.717, 1.165) is 22.4 Å². The summed E-state index contributed by atoms with van der Waals surface area (Å²) in [5, 5.41) is 2.83. The minimum absolute atomic E-state index is 0.0342. The van der Waals surface area contributed by atoms with Crippen LogP contribution in [0.4, 0.5) is 5.69 Å². The standard InChI is InChI=1S/C24H22N2O3/c1-16-12-21-22(13-17(16)2)29-24(26-21)14-18-8-10-19(11-9-18)25-23(27)15-28-20-6-4-3-5-7-20/h3-13H,14-15H2,1-2H3,(H,25,27). The lowest BCUT2D eigenvalue weighted by molar-refractivity contribution is -0.118. The lowest BCUT2D eigenvalue weighted by atomic mass is 10.1. The first-order chi connectivity index (χ1) is 14.1. The third-order valence-corrected chi connectivity index (χ3v) is 4.75. The molecule has 0 spiro atoms. The van der Waals surface area contributed by atoms with Crippen molar-refractivity contribution in [2.24, 2.45) is 0 Å². The molecule has 0 radical (unpaired) electrons. The molecule has 0 saturated carbocycles. The molecule has 4 aromatic rings. The highest BCUT2D eigenvalue weighted by Gasteiger charge is 2.09. The second-order valence-corrected chi connectivity index (χ2v) is 7.04. The van der Waals surface area contributed by atoms with Gasteiger partial charge in [-0.3, -0.25) is 4.79 Å². The molecule has 1 amide bonds. The lowest BCUT2D eigenvalue weighted by Gasteiger charge is -2.08. The van der Waals surface area contributed by atoms with Crippen LogP contribution in [0.5, 0.6) is 5.75 Å². The molecule has 0 fully saturated rings. The summed E-state index contributed by atoms with van der Waals surface area (Å²) in [5.74, 6) is 1.14. The normalized spacial score (nSPS) is 10.8. The number of anilines is 1. The summed E-state index contributed by atoms with van der Waals surface area (Å²) in [6, 6.07) is 21.0. The molecule has 4 rings (SSSR count). The third-order valence-electron chi connectivity index (χ3n) is 4.75. The van der Waals surface area contributed by atoms with Crippen molar-refractivity contribution >= 4 is 22.7 Å². The first kappa shape index (κ1) is 18.7. The first-order valence-corrected chi connectivity index (χ1v) is 9.50. The maximum Gasteiger partial charge on any atom is 0.262 e. The zero-order valence-electron chi connectivity index (χ0n) is 16.4. The molecule has 0 saturated heterocycles. The van der Waals surface area contributed by atoms with Gasteiger partial charge in [0.25, 0.3) is 5.91 Å². The fourth-order valence-corrected chi connectivity index (χ4v) is 3.05. The molecule has 0 unspecified atom stereocenters. The molecule has 5 heteroatoms. The van der Waals surface area contributed by atoms with Crippen molar-refractivity contribution in [2.75, 3.05) is 11.9 Å². The van der Waals surface area contributed by atoms with Crippen molar-refractivity contribution in [1.82, 2.24) is 4.98 Å². The second-order valence-electron chi connectivity index (χ2n) is 7.04. The monoisotopic (exact) mass is 386 g/mol. The van der Waals surface area contributed by atoms with Crippen LogP contribution in [-0.4, -0.2) is 17.5 Å². The van der Waals surface area contributed by atoms with E-state index in [1.807, 2.05) is 66.7 Å². The molecule has 1 N–H and O–H groups in total. The van der Waals surface area contributed by atoms with Gasteiger partial charge in [-0.1, -0.05) is 30.3 Å². The molecular weight excluding hydrogens is 364 g/mol. The Balaban J connectivity index is 1.36. The highest BCUT2D eigenvalue weighted by atomic mass is 16.5. The number of benzene rings is 3. The Morgan fingerprint density at radius 1 is 1.00 bits per heavy atom. The summed E-state index contributed by atoms with van der Waals surface area (Å²) < 4.78 is 11.3. The number of oxazole rings is 1. The number of amides is 1. The number of rotatable bonds is 6. The number of ether oxygens (including phenoxy) is 1. The van der Waals surface area contributed by atoms with Gasteiger partial charge in [0.15, 0.2) is 18.1 Å². The summed E-state index contributed by atoms with van der Waals surface area (Å²) in [5.41, 5.74) is 5.86. The minimum Gasteiger partial charge on any atom is -0.484 e. The number of nitrogens with zero attached hydrogens (tertiary/aromatic N) is 1. The average molecular weight is 386 g/mol. The molecule has 0 aliphatic rings. The van der Waals surface area contributed by atoms with Crippen LogP contribution in [0.25, 0.3) is 11.1 Å². The lowest BCUT2D eigenvalue weighted by Crippen LogP contribution is -2.20. The number of para-hydroxylation sites is 1. The largest absolute Gasteiger partial charge is 0.484 e. The van der Waals surface area contributed by atoms with E-state index in [1.54, 1.807) is 0 Å². The van der Waals surface area contributed by atoms with Crippen LogP contribution in [-0.2, 0) is 11.2 Å². The van der Waals surface area contributed by atoms with Crippen molar-refractivity contribution in [3.05, 3.63) is 89.3 Å². The van der Waals surface area contributed by atoms with Gasteiger partial charge in [0.05, 0.1) is 0 Å². The van der Waals surface area contributed by atoms with Gasteiger partial charge in [-0.15, -0.1) is 0 Å². The summed E-state index contributed by atoms with van der Waals surface area (Å²) in [6.07, 6.45) is 0.595. The summed E-state index contributed by atoms with van der Waals surface area (Å²) in [7, 11) is 0. The van der Waals surface area contributed by atoms with Crippen LogP contribution in [0.3, 0.4) is 0 Å². The van der Waals surface area contributed by atoms with Crippen LogP contribution in [0.1, 0.15) is 22.6 Å². The van der Waals surface area contributed by atoms with Crippen LogP contribution < -0.4 is 10.1 Å². The Hall–Kier alpha value is -3.60. The number of aryl methyl sites for hydroxylation is 2. The van der Waals surface area contributed by atoms with Crippen molar-refractivity contribution < 1.29 is 13.9 Å². The number of nitrogens with one attached hydrogen (secondary N) is 1. The minimum atomic E-state index is -0.203. The van der Waals surface area contributed by atoms with E-state index < -0.39 is 0 Å². The van der Waals surface area contributed by atoms with E-state index in [0.29, 0.717) is 18.1 Å². The topological polar surface area (TPSA) is 64.4 Å². The summed E-state index contributed by atoms with van der Waals surface area (Å²) >= 11 is 0. The van der Waals surface area contributed by atoms with Crippen LogP contribution in [0.15, 0.2) is 71.1 Å². The number of fused-ring (bicyclic) bond motifs is 1. The number of carbonyl (C=O) groups is 1. The maximum atomic E-state index is 12.1. The van der Waals surface area contributed by atoms with Gasteiger partial charge in [0.1, 0.15) is 11.3 Å². The SMILES string of the molecule is Cc1cc2nc(Cc3ccc(NC(=O)COc4ccccc4)cc3)oc2cc1C. The van der Waals surface area contributed by atoms with E-state index in [9.17, 15) is 4.79 Å². The van der Waals surface area contributed by atoms with Gasteiger partial charge in [-0.25, -0.2) is 4.98 Å². The second kappa shape index (κ2) is 8.19. The van der Waals surface area contributed by atoms with Gasteiger partial charge >= 0.3 is 0 Å². The zero-order valence-corrected chi connectivity index (χ0v) is 16.4. The van der Waals surface area contributed by atoms with Gasteiger partial charge in [-0.2, -0.15) is 0 Å². The Morgan fingerprint density at radius 2 is 1.72 bits per heavy atom. The molecule has 3 aromatic carbocycles. The molecule has 0 aliphatic carbocycles. The van der Waals surface area contributed by atoms with Crippen molar-refractivity contribution in [1.29, 1.82) is 0 Å². The quantitative estimate of drug-likeness (QED) is 0.503. The highest BCUT2D eigenvalue weighted by molar-refractivity contribution is 5.91. The van der Waals surface area contributed by atoms with E-state index in [4.69, 9.17) is 9.15 Å². The van der Waals surface area contributed by atoms with E-state index >= 15 is 0 Å². The molecular formula is C24H22N2O3. The molecule has 1 aromatic heterocycles.